The van der Waals surface area contributed by atoms with Crippen molar-refractivity contribution in [3.63, 3.8) is 0 Å². The fourth-order valence-corrected chi connectivity index (χ4v) is 3.25. The lowest BCUT2D eigenvalue weighted by Crippen LogP contribution is -2.41. The van der Waals surface area contributed by atoms with Crippen LogP contribution in [0.1, 0.15) is 49.5 Å². The molecule has 144 valence electrons. The molecule has 6 nitrogen and oxygen atoms in total. The third-order valence-electron chi connectivity index (χ3n) is 5.04. The first-order valence-corrected chi connectivity index (χ1v) is 9.21. The van der Waals surface area contributed by atoms with Gasteiger partial charge in [0.25, 0.3) is 5.91 Å². The van der Waals surface area contributed by atoms with Crippen LogP contribution in [-0.4, -0.2) is 34.9 Å². The number of aromatic hydroxyl groups is 1. The van der Waals surface area contributed by atoms with Crippen LogP contribution < -0.4 is 5.32 Å². The van der Waals surface area contributed by atoms with Crippen LogP contribution in [0.4, 0.5) is 5.69 Å². The van der Waals surface area contributed by atoms with E-state index in [2.05, 4.69) is 26.1 Å². The summed E-state index contributed by atoms with van der Waals surface area (Å²) in [5.74, 6) is -0.315. The number of furan rings is 1. The van der Waals surface area contributed by atoms with Crippen molar-refractivity contribution in [1.29, 1.82) is 0 Å². The molecule has 1 aliphatic heterocycles. The van der Waals surface area contributed by atoms with E-state index < -0.39 is 0 Å². The number of benzene rings is 1. The van der Waals surface area contributed by atoms with E-state index in [4.69, 9.17) is 4.42 Å². The zero-order chi connectivity index (χ0) is 19.6. The second-order valence-corrected chi connectivity index (χ2v) is 8.05. The molecule has 1 aromatic heterocycles. The van der Waals surface area contributed by atoms with Crippen molar-refractivity contribution in [1.82, 2.24) is 4.90 Å². The number of carbonyl (C=O) groups is 2. The van der Waals surface area contributed by atoms with E-state index in [0.29, 0.717) is 37.2 Å². The first kappa shape index (κ1) is 19.0. The van der Waals surface area contributed by atoms with Crippen LogP contribution in [0.25, 0.3) is 0 Å². The zero-order valence-corrected chi connectivity index (χ0v) is 16.0. The van der Waals surface area contributed by atoms with Crippen molar-refractivity contribution in [2.45, 2.75) is 39.0 Å². The van der Waals surface area contributed by atoms with Crippen LogP contribution >= 0.6 is 0 Å². The lowest BCUT2D eigenvalue weighted by Gasteiger charge is -2.31. The van der Waals surface area contributed by atoms with Crippen LogP contribution in [0.15, 0.2) is 41.2 Å². The number of rotatable bonds is 3. The van der Waals surface area contributed by atoms with Crippen LogP contribution in [0.5, 0.6) is 5.75 Å². The maximum Gasteiger partial charge on any atom is 0.257 e. The lowest BCUT2D eigenvalue weighted by molar-refractivity contribution is -0.121. The second kappa shape index (κ2) is 7.47. The summed E-state index contributed by atoms with van der Waals surface area (Å²) in [7, 11) is 0. The summed E-state index contributed by atoms with van der Waals surface area (Å²) in [6.07, 6.45) is 4.10. The number of piperidine rings is 1. The molecule has 3 rings (SSSR count). The molecule has 1 saturated heterocycles. The van der Waals surface area contributed by atoms with Crippen LogP contribution in [0, 0.1) is 5.92 Å². The molecule has 0 unspecified atom stereocenters. The summed E-state index contributed by atoms with van der Waals surface area (Å²) in [6, 6.07) is 6.95. The van der Waals surface area contributed by atoms with E-state index in [1.165, 1.54) is 12.5 Å². The Morgan fingerprint density at radius 1 is 1.19 bits per heavy atom. The molecule has 1 aliphatic rings. The molecule has 1 aromatic carbocycles. The van der Waals surface area contributed by atoms with E-state index in [1.54, 1.807) is 17.0 Å². The van der Waals surface area contributed by atoms with Gasteiger partial charge in [-0.25, -0.2) is 0 Å². The maximum absolute atomic E-state index is 12.6. The van der Waals surface area contributed by atoms with Gasteiger partial charge in [0.2, 0.25) is 5.91 Å². The summed E-state index contributed by atoms with van der Waals surface area (Å²) in [4.78, 5) is 26.7. The number of anilines is 1. The molecule has 2 aromatic rings. The summed E-state index contributed by atoms with van der Waals surface area (Å²) >= 11 is 0. The highest BCUT2D eigenvalue weighted by Crippen LogP contribution is 2.31. The normalized spacial score (nSPS) is 15.6. The minimum atomic E-state index is -0.184. The smallest absolute Gasteiger partial charge is 0.257 e. The van der Waals surface area contributed by atoms with Gasteiger partial charge in [-0.2, -0.15) is 0 Å². The first-order chi connectivity index (χ1) is 12.8. The van der Waals surface area contributed by atoms with Crippen LogP contribution in [-0.2, 0) is 10.2 Å². The third kappa shape index (κ3) is 4.32. The van der Waals surface area contributed by atoms with E-state index in [9.17, 15) is 14.7 Å². The summed E-state index contributed by atoms with van der Waals surface area (Å²) < 4.78 is 4.96. The Morgan fingerprint density at radius 2 is 1.89 bits per heavy atom. The molecule has 0 saturated carbocycles. The molecule has 2 N–H and O–H groups in total. The minimum absolute atomic E-state index is 0.0592. The molecule has 0 spiro atoms. The second-order valence-electron chi connectivity index (χ2n) is 8.05. The molecule has 1 fully saturated rings. The van der Waals surface area contributed by atoms with E-state index >= 15 is 0 Å². The molecular weight excluding hydrogens is 344 g/mol. The number of likely N-dealkylation sites (tertiary alicyclic amines) is 1. The fourth-order valence-electron chi connectivity index (χ4n) is 3.25. The van der Waals surface area contributed by atoms with Crippen LogP contribution in [0.2, 0.25) is 0 Å². The largest absolute Gasteiger partial charge is 0.506 e. The molecule has 2 heterocycles. The highest BCUT2D eigenvalue weighted by Gasteiger charge is 2.28. The molecule has 0 radical (unpaired) electrons. The average Bonchev–Trinajstić information content (AvgIpc) is 3.16. The van der Waals surface area contributed by atoms with Crippen molar-refractivity contribution in [2.24, 2.45) is 5.92 Å². The Hall–Kier alpha value is -2.76. The third-order valence-corrected chi connectivity index (χ3v) is 5.04. The molecule has 0 aliphatic carbocycles. The highest BCUT2D eigenvalue weighted by molar-refractivity contribution is 5.95. The monoisotopic (exact) mass is 370 g/mol. The van der Waals surface area contributed by atoms with E-state index in [-0.39, 0.29) is 28.9 Å². The Kier molecular flexibility index (Phi) is 5.26. The number of amides is 2. The predicted molar refractivity (Wildman–Crippen MR) is 103 cm³/mol. The number of hydrogen-bond acceptors (Lipinski definition) is 4. The van der Waals surface area contributed by atoms with Crippen LogP contribution in [0.3, 0.4) is 0 Å². The predicted octanol–water partition coefficient (Wildman–Crippen LogP) is 3.77. The van der Waals surface area contributed by atoms with Gasteiger partial charge in [-0.15, -0.1) is 0 Å². The summed E-state index contributed by atoms with van der Waals surface area (Å²) in [5.41, 5.74) is 1.92. The van der Waals surface area contributed by atoms with Crippen molar-refractivity contribution in [3.05, 3.63) is 47.9 Å². The Balaban J connectivity index is 1.61. The average molecular weight is 370 g/mol. The number of phenols is 1. The molecular formula is C21H26N2O4. The molecule has 6 heteroatoms. The van der Waals surface area contributed by atoms with Gasteiger partial charge in [0.1, 0.15) is 12.0 Å². The molecule has 2 amide bonds. The van der Waals surface area contributed by atoms with Gasteiger partial charge >= 0.3 is 0 Å². The van der Waals surface area contributed by atoms with E-state index in [0.717, 1.165) is 5.56 Å². The van der Waals surface area contributed by atoms with Gasteiger partial charge < -0.3 is 19.7 Å². The molecule has 0 bridgehead atoms. The Labute approximate surface area is 159 Å². The zero-order valence-electron chi connectivity index (χ0n) is 16.0. The topological polar surface area (TPSA) is 82.8 Å². The SMILES string of the molecule is CC(C)(C)c1ccc(O)c(NC(=O)C2CCN(C(=O)c3ccoc3)CC2)c1. The van der Waals surface area contributed by atoms with Gasteiger partial charge in [0, 0.05) is 19.0 Å². The van der Waals surface area contributed by atoms with Gasteiger partial charge in [-0.1, -0.05) is 26.8 Å². The summed E-state index contributed by atoms with van der Waals surface area (Å²) in [6.45, 7) is 7.29. The first-order valence-electron chi connectivity index (χ1n) is 9.21. The minimum Gasteiger partial charge on any atom is -0.506 e. The fraction of sp³-hybridized carbons (Fsp3) is 0.429. The van der Waals surface area contributed by atoms with E-state index in [1.807, 2.05) is 12.1 Å². The van der Waals surface area contributed by atoms with Gasteiger partial charge in [-0.3, -0.25) is 9.59 Å². The lowest BCUT2D eigenvalue weighted by atomic mass is 9.86. The number of carbonyl (C=O) groups excluding carboxylic acids is 2. The molecule has 27 heavy (non-hydrogen) atoms. The van der Waals surface area contributed by atoms with Crippen molar-refractivity contribution in [2.75, 3.05) is 18.4 Å². The molecule has 0 atom stereocenters. The van der Waals surface area contributed by atoms with Gasteiger partial charge in [0.15, 0.2) is 0 Å². The Morgan fingerprint density at radius 3 is 2.48 bits per heavy atom. The maximum atomic E-state index is 12.6. The highest BCUT2D eigenvalue weighted by atomic mass is 16.3. The van der Waals surface area contributed by atoms with Crippen molar-refractivity contribution in [3.8, 4) is 5.75 Å². The van der Waals surface area contributed by atoms with Gasteiger partial charge in [0.05, 0.1) is 17.5 Å². The summed E-state index contributed by atoms with van der Waals surface area (Å²) in [5, 5.41) is 12.9. The van der Waals surface area contributed by atoms with Gasteiger partial charge in [-0.05, 0) is 42.0 Å². The number of hydrogen-bond donors (Lipinski definition) is 2. The number of nitrogens with one attached hydrogen (secondary N) is 1. The van der Waals surface area contributed by atoms with Crippen molar-refractivity contribution >= 4 is 17.5 Å². The quantitative estimate of drug-likeness (QED) is 0.806. The number of phenolic OH excluding ortho intramolecular Hbond substituents is 1. The number of nitrogens with zero attached hydrogens (tertiary/aromatic N) is 1. The standard InChI is InChI=1S/C21H26N2O4/c1-21(2,3)16-4-5-18(24)17(12-16)22-19(25)14-6-9-23(10-7-14)20(26)15-8-11-27-13-15/h4-5,8,11-14,24H,6-7,9-10H2,1-3H3,(H,22,25). The van der Waals surface area contributed by atoms with Crippen molar-refractivity contribution < 1.29 is 19.1 Å². The Bertz CT molecular complexity index is 813.